The topological polar surface area (TPSA) is 32.8 Å². The predicted octanol–water partition coefficient (Wildman–Crippen LogP) is 2.58. The maximum absolute atomic E-state index is 12.6. The van der Waals surface area contributed by atoms with Gasteiger partial charge in [0.1, 0.15) is 0 Å². The fourth-order valence-corrected chi connectivity index (χ4v) is 4.78. The number of hydrogen-bond donors (Lipinski definition) is 0. The van der Waals surface area contributed by atoms with Gasteiger partial charge in [-0.25, -0.2) is 0 Å². The lowest BCUT2D eigenvalue weighted by atomic mass is 9.84. The van der Waals surface area contributed by atoms with Gasteiger partial charge in [-0.3, -0.25) is 4.79 Å². The number of likely N-dealkylation sites (tertiary alicyclic amines) is 2. The van der Waals surface area contributed by atoms with Crippen LogP contribution in [-0.4, -0.2) is 61.1 Å². The van der Waals surface area contributed by atoms with Crippen LogP contribution in [0.2, 0.25) is 0 Å². The first-order chi connectivity index (χ1) is 12.3. The highest BCUT2D eigenvalue weighted by Crippen LogP contribution is 2.35. The van der Waals surface area contributed by atoms with Crippen LogP contribution in [-0.2, 0) is 16.0 Å². The molecule has 3 saturated heterocycles. The smallest absolute Gasteiger partial charge is 0.222 e. The molecule has 4 heteroatoms. The van der Waals surface area contributed by atoms with Crippen LogP contribution in [0.1, 0.15) is 31.2 Å². The number of nitrogens with zero attached hydrogens (tertiary/aromatic N) is 2. The van der Waals surface area contributed by atoms with E-state index in [0.29, 0.717) is 30.3 Å². The monoisotopic (exact) mass is 342 g/mol. The van der Waals surface area contributed by atoms with Crippen molar-refractivity contribution in [3.05, 3.63) is 35.9 Å². The van der Waals surface area contributed by atoms with E-state index in [1.54, 1.807) is 0 Å². The SMILES string of the molecule is O=C(CCc1ccccc1)N1CC[C@@H]2[C@@H](CO[C@H]2CN2CCCC2)C1. The van der Waals surface area contributed by atoms with E-state index in [2.05, 4.69) is 21.9 Å². The van der Waals surface area contributed by atoms with Gasteiger partial charge in [-0.15, -0.1) is 0 Å². The second-order valence-electron chi connectivity index (χ2n) is 7.92. The molecule has 0 unspecified atom stereocenters. The Morgan fingerprint density at radius 1 is 1.12 bits per heavy atom. The molecular formula is C21H30N2O2. The number of aryl methyl sites for hydroxylation is 1. The number of hydrogen-bond acceptors (Lipinski definition) is 3. The van der Waals surface area contributed by atoms with E-state index in [1.165, 1.54) is 31.5 Å². The lowest BCUT2D eigenvalue weighted by molar-refractivity contribution is -0.133. The van der Waals surface area contributed by atoms with E-state index in [1.807, 2.05) is 18.2 Å². The van der Waals surface area contributed by atoms with Crippen molar-refractivity contribution in [2.24, 2.45) is 11.8 Å². The Kier molecular flexibility index (Phi) is 5.37. The summed E-state index contributed by atoms with van der Waals surface area (Å²) in [5, 5.41) is 0. The summed E-state index contributed by atoms with van der Waals surface area (Å²) in [5.41, 5.74) is 1.25. The Morgan fingerprint density at radius 2 is 1.92 bits per heavy atom. The first kappa shape index (κ1) is 17.0. The first-order valence-electron chi connectivity index (χ1n) is 9.95. The molecule has 3 aliphatic heterocycles. The molecule has 1 aromatic rings. The Balaban J connectivity index is 1.26. The van der Waals surface area contributed by atoms with Crippen molar-refractivity contribution in [3.8, 4) is 0 Å². The summed E-state index contributed by atoms with van der Waals surface area (Å²) in [4.78, 5) is 17.2. The second-order valence-corrected chi connectivity index (χ2v) is 7.92. The molecule has 3 fully saturated rings. The number of amides is 1. The molecule has 0 spiro atoms. The molecule has 0 saturated carbocycles. The summed E-state index contributed by atoms with van der Waals surface area (Å²) < 4.78 is 6.14. The zero-order valence-corrected chi connectivity index (χ0v) is 15.1. The third-order valence-corrected chi connectivity index (χ3v) is 6.25. The molecule has 0 aromatic heterocycles. The average molecular weight is 342 g/mol. The molecule has 3 heterocycles. The van der Waals surface area contributed by atoms with Crippen molar-refractivity contribution < 1.29 is 9.53 Å². The Hall–Kier alpha value is -1.39. The summed E-state index contributed by atoms with van der Waals surface area (Å²) in [6.45, 7) is 6.22. The van der Waals surface area contributed by atoms with Gasteiger partial charge >= 0.3 is 0 Å². The number of fused-ring (bicyclic) bond motifs is 1. The zero-order chi connectivity index (χ0) is 17.1. The van der Waals surface area contributed by atoms with Crippen molar-refractivity contribution in [3.63, 3.8) is 0 Å². The Labute approximate surface area is 151 Å². The number of piperidine rings is 1. The van der Waals surface area contributed by atoms with Gasteiger partial charge in [0.2, 0.25) is 5.91 Å². The first-order valence-corrected chi connectivity index (χ1v) is 9.95. The van der Waals surface area contributed by atoms with Crippen molar-refractivity contribution in [2.75, 3.05) is 39.3 Å². The minimum absolute atomic E-state index is 0.310. The maximum Gasteiger partial charge on any atom is 0.222 e. The van der Waals surface area contributed by atoms with Gasteiger partial charge in [0.15, 0.2) is 0 Å². The molecular weight excluding hydrogens is 312 g/mol. The molecule has 3 aliphatic rings. The highest BCUT2D eigenvalue weighted by molar-refractivity contribution is 5.76. The molecule has 25 heavy (non-hydrogen) atoms. The lowest BCUT2D eigenvalue weighted by Gasteiger charge is -2.36. The van der Waals surface area contributed by atoms with Crippen LogP contribution < -0.4 is 0 Å². The molecule has 4 nitrogen and oxygen atoms in total. The number of carbonyl (C=O) groups is 1. The molecule has 136 valence electrons. The molecule has 0 radical (unpaired) electrons. The number of ether oxygens (including phenoxy) is 1. The van der Waals surface area contributed by atoms with Crippen LogP contribution >= 0.6 is 0 Å². The minimum atomic E-state index is 0.310. The fourth-order valence-electron chi connectivity index (χ4n) is 4.78. The number of benzene rings is 1. The van der Waals surface area contributed by atoms with Crippen LogP contribution in [0.4, 0.5) is 0 Å². The standard InChI is InChI=1S/C21H30N2O2/c24-21(9-8-17-6-2-1-3-7-17)23-13-10-19-18(14-23)16-25-20(19)15-22-11-4-5-12-22/h1-3,6-7,18-20H,4-5,8-16H2/t18-,19-,20+/m1/s1. The van der Waals surface area contributed by atoms with Crippen LogP contribution in [0.3, 0.4) is 0 Å². The van der Waals surface area contributed by atoms with Crippen molar-refractivity contribution >= 4 is 5.91 Å². The average Bonchev–Trinajstić information content (AvgIpc) is 3.31. The molecule has 3 atom stereocenters. The van der Waals surface area contributed by atoms with Gasteiger partial charge in [-0.2, -0.15) is 0 Å². The van der Waals surface area contributed by atoms with Gasteiger partial charge in [-0.1, -0.05) is 30.3 Å². The van der Waals surface area contributed by atoms with Crippen LogP contribution in [0.15, 0.2) is 30.3 Å². The van der Waals surface area contributed by atoms with E-state index in [-0.39, 0.29) is 0 Å². The fraction of sp³-hybridized carbons (Fsp3) is 0.667. The molecule has 0 N–H and O–H groups in total. The summed E-state index contributed by atoms with van der Waals surface area (Å²) >= 11 is 0. The summed E-state index contributed by atoms with van der Waals surface area (Å²) in [6.07, 6.45) is 5.65. The lowest BCUT2D eigenvalue weighted by Crippen LogP contribution is -2.46. The largest absolute Gasteiger partial charge is 0.376 e. The highest BCUT2D eigenvalue weighted by atomic mass is 16.5. The molecule has 0 bridgehead atoms. The maximum atomic E-state index is 12.6. The second kappa shape index (κ2) is 7.88. The van der Waals surface area contributed by atoms with Crippen molar-refractivity contribution in [1.82, 2.24) is 9.80 Å². The predicted molar refractivity (Wildman–Crippen MR) is 98.4 cm³/mol. The van der Waals surface area contributed by atoms with Crippen molar-refractivity contribution in [2.45, 2.75) is 38.2 Å². The Morgan fingerprint density at radius 3 is 2.72 bits per heavy atom. The van der Waals surface area contributed by atoms with Gasteiger partial charge < -0.3 is 14.5 Å². The number of rotatable bonds is 5. The van der Waals surface area contributed by atoms with Crippen LogP contribution in [0, 0.1) is 11.8 Å². The molecule has 1 amide bonds. The normalized spacial score (nSPS) is 29.8. The van der Waals surface area contributed by atoms with Crippen molar-refractivity contribution in [1.29, 1.82) is 0 Å². The zero-order valence-electron chi connectivity index (χ0n) is 15.1. The quantitative estimate of drug-likeness (QED) is 0.824. The van der Waals surface area contributed by atoms with Crippen LogP contribution in [0.25, 0.3) is 0 Å². The highest BCUT2D eigenvalue weighted by Gasteiger charge is 2.42. The number of carbonyl (C=O) groups excluding carboxylic acids is 1. The van der Waals surface area contributed by atoms with Gasteiger partial charge in [0.05, 0.1) is 12.7 Å². The van der Waals surface area contributed by atoms with E-state index >= 15 is 0 Å². The molecule has 0 aliphatic carbocycles. The summed E-state index contributed by atoms with van der Waals surface area (Å²) in [7, 11) is 0. The van der Waals surface area contributed by atoms with Crippen LogP contribution in [0.5, 0.6) is 0 Å². The third kappa shape index (κ3) is 4.06. The van der Waals surface area contributed by atoms with Gasteiger partial charge in [-0.05, 0) is 50.3 Å². The summed E-state index contributed by atoms with van der Waals surface area (Å²) in [5.74, 6) is 1.51. The van der Waals surface area contributed by atoms with Gasteiger partial charge in [0, 0.05) is 32.0 Å². The minimum Gasteiger partial charge on any atom is -0.376 e. The van der Waals surface area contributed by atoms with Gasteiger partial charge in [0.25, 0.3) is 0 Å². The van der Waals surface area contributed by atoms with E-state index < -0.39 is 0 Å². The molecule has 4 rings (SSSR count). The van der Waals surface area contributed by atoms with E-state index in [4.69, 9.17) is 4.74 Å². The van der Waals surface area contributed by atoms with E-state index in [0.717, 1.165) is 39.1 Å². The van der Waals surface area contributed by atoms with E-state index in [9.17, 15) is 4.79 Å². The molecule has 1 aromatic carbocycles. The third-order valence-electron chi connectivity index (χ3n) is 6.25. The summed E-state index contributed by atoms with van der Waals surface area (Å²) in [6, 6.07) is 10.3. The Bertz CT molecular complexity index is 571.